The van der Waals surface area contributed by atoms with Crippen LogP contribution in [0.2, 0.25) is 0 Å². The molecule has 0 atom stereocenters. The number of carbonyl (C=O) groups excluding carboxylic acids is 1. The van der Waals surface area contributed by atoms with Gasteiger partial charge in [-0.15, -0.1) is 0 Å². The lowest BCUT2D eigenvalue weighted by Crippen LogP contribution is -2.22. The quantitative estimate of drug-likeness (QED) is 0.493. The molecule has 0 aliphatic rings. The highest BCUT2D eigenvalue weighted by Crippen LogP contribution is 2.30. The average molecular weight is 375 g/mol. The van der Waals surface area contributed by atoms with E-state index < -0.39 is 6.61 Å². The molecule has 6 heteroatoms. The van der Waals surface area contributed by atoms with E-state index in [2.05, 4.69) is 22.2 Å². The number of rotatable bonds is 10. The molecule has 0 aliphatic heterocycles. The standard InChI is InChI=1S/C21H23F2NO3/c1-2-26-19-15-17(10-12-18(19)27-21(22)23)11-13-20(25)24-14-6-9-16-7-4-3-5-8-16/h3-5,7-8,10-13,15,21H,2,6,9,14H2,1H3,(H,24,25)/b13-11+. The van der Waals surface area contributed by atoms with Gasteiger partial charge in [0.1, 0.15) is 0 Å². The molecule has 1 N–H and O–H groups in total. The Morgan fingerprint density at radius 3 is 2.63 bits per heavy atom. The summed E-state index contributed by atoms with van der Waals surface area (Å²) in [5.74, 6) is -0.0356. The summed E-state index contributed by atoms with van der Waals surface area (Å²) in [6.45, 7) is -0.289. The maximum atomic E-state index is 12.4. The molecule has 0 aliphatic carbocycles. The van der Waals surface area contributed by atoms with E-state index in [1.165, 1.54) is 17.7 Å². The van der Waals surface area contributed by atoms with Crippen LogP contribution >= 0.6 is 0 Å². The van der Waals surface area contributed by atoms with Gasteiger partial charge in [-0.1, -0.05) is 36.4 Å². The topological polar surface area (TPSA) is 47.6 Å². The number of alkyl halides is 2. The molecule has 2 aromatic rings. The summed E-state index contributed by atoms with van der Waals surface area (Å²) >= 11 is 0. The fourth-order valence-corrected chi connectivity index (χ4v) is 2.47. The Bertz CT molecular complexity index is 748. The third-order valence-corrected chi connectivity index (χ3v) is 3.70. The molecule has 0 saturated carbocycles. The Labute approximate surface area is 157 Å². The minimum atomic E-state index is -2.92. The lowest BCUT2D eigenvalue weighted by atomic mass is 10.1. The van der Waals surface area contributed by atoms with Crippen LogP contribution in [-0.2, 0) is 11.2 Å². The van der Waals surface area contributed by atoms with Gasteiger partial charge in [0.05, 0.1) is 6.61 Å². The third kappa shape index (κ3) is 7.48. The minimum absolute atomic E-state index is 0.0330. The van der Waals surface area contributed by atoms with E-state index in [0.717, 1.165) is 12.8 Å². The summed E-state index contributed by atoms with van der Waals surface area (Å²) in [4.78, 5) is 11.9. The Morgan fingerprint density at radius 1 is 1.15 bits per heavy atom. The van der Waals surface area contributed by atoms with Crippen molar-refractivity contribution in [3.63, 3.8) is 0 Å². The second kappa shape index (κ2) is 11.0. The van der Waals surface area contributed by atoms with Crippen molar-refractivity contribution in [3.8, 4) is 11.5 Å². The summed E-state index contributed by atoms with van der Waals surface area (Å²) in [6, 6.07) is 14.6. The highest BCUT2D eigenvalue weighted by Gasteiger charge is 2.11. The van der Waals surface area contributed by atoms with Crippen LogP contribution in [0.5, 0.6) is 11.5 Å². The van der Waals surface area contributed by atoms with E-state index in [4.69, 9.17) is 4.74 Å². The number of carbonyl (C=O) groups is 1. The predicted molar refractivity (Wildman–Crippen MR) is 101 cm³/mol. The Kier molecular flexibility index (Phi) is 8.29. The molecule has 0 fully saturated rings. The van der Waals surface area contributed by atoms with Crippen molar-refractivity contribution in [1.29, 1.82) is 0 Å². The fourth-order valence-electron chi connectivity index (χ4n) is 2.47. The number of hydrogen-bond acceptors (Lipinski definition) is 3. The van der Waals surface area contributed by atoms with Gasteiger partial charge in [-0.3, -0.25) is 4.79 Å². The van der Waals surface area contributed by atoms with E-state index >= 15 is 0 Å². The molecule has 0 bridgehead atoms. The summed E-state index contributed by atoms with van der Waals surface area (Å²) in [7, 11) is 0. The van der Waals surface area contributed by atoms with E-state index in [9.17, 15) is 13.6 Å². The highest BCUT2D eigenvalue weighted by atomic mass is 19.3. The van der Waals surface area contributed by atoms with Gasteiger partial charge in [-0.2, -0.15) is 8.78 Å². The van der Waals surface area contributed by atoms with Gasteiger partial charge in [0, 0.05) is 12.6 Å². The monoisotopic (exact) mass is 375 g/mol. The fraction of sp³-hybridized carbons (Fsp3) is 0.286. The zero-order valence-electron chi connectivity index (χ0n) is 15.2. The first-order valence-corrected chi connectivity index (χ1v) is 8.80. The van der Waals surface area contributed by atoms with Crippen molar-refractivity contribution < 1.29 is 23.0 Å². The normalized spacial score (nSPS) is 11.0. The molecular formula is C21H23F2NO3. The van der Waals surface area contributed by atoms with Crippen LogP contribution in [0.4, 0.5) is 8.78 Å². The van der Waals surface area contributed by atoms with Crippen LogP contribution in [0.25, 0.3) is 6.08 Å². The highest BCUT2D eigenvalue weighted by molar-refractivity contribution is 5.91. The van der Waals surface area contributed by atoms with Crippen LogP contribution in [0.3, 0.4) is 0 Å². The molecule has 27 heavy (non-hydrogen) atoms. The van der Waals surface area contributed by atoms with Crippen LogP contribution < -0.4 is 14.8 Å². The smallest absolute Gasteiger partial charge is 0.387 e. The summed E-state index contributed by atoms with van der Waals surface area (Å²) in [5, 5.41) is 2.82. The maximum Gasteiger partial charge on any atom is 0.387 e. The Balaban J connectivity index is 1.84. The first kappa shape index (κ1) is 20.4. The van der Waals surface area contributed by atoms with E-state index in [0.29, 0.717) is 18.7 Å². The average Bonchev–Trinajstić information content (AvgIpc) is 2.66. The predicted octanol–water partition coefficient (Wildman–Crippen LogP) is 4.45. The SMILES string of the molecule is CCOc1cc(/C=C/C(=O)NCCCc2ccccc2)ccc1OC(F)F. The zero-order chi connectivity index (χ0) is 19.5. The first-order valence-electron chi connectivity index (χ1n) is 8.80. The molecule has 0 radical (unpaired) electrons. The molecule has 2 rings (SSSR count). The Hall–Kier alpha value is -2.89. The van der Waals surface area contributed by atoms with Crippen molar-refractivity contribution in [1.82, 2.24) is 5.32 Å². The van der Waals surface area contributed by atoms with Gasteiger partial charge in [0.2, 0.25) is 5.91 Å². The van der Waals surface area contributed by atoms with Crippen molar-refractivity contribution in [2.45, 2.75) is 26.4 Å². The maximum absolute atomic E-state index is 12.4. The number of amides is 1. The van der Waals surface area contributed by atoms with Crippen molar-refractivity contribution in [2.24, 2.45) is 0 Å². The largest absolute Gasteiger partial charge is 0.490 e. The molecule has 2 aromatic carbocycles. The molecule has 0 spiro atoms. The molecule has 1 amide bonds. The molecule has 0 aromatic heterocycles. The Morgan fingerprint density at radius 2 is 1.93 bits per heavy atom. The van der Waals surface area contributed by atoms with E-state index in [1.807, 2.05) is 18.2 Å². The lowest BCUT2D eigenvalue weighted by molar-refractivity contribution is -0.116. The van der Waals surface area contributed by atoms with Gasteiger partial charge in [0.25, 0.3) is 0 Å². The number of ether oxygens (including phenoxy) is 2. The molecule has 144 valence electrons. The van der Waals surface area contributed by atoms with Gasteiger partial charge in [0.15, 0.2) is 11.5 Å². The molecular weight excluding hydrogens is 352 g/mol. The number of hydrogen-bond donors (Lipinski definition) is 1. The number of aryl methyl sites for hydroxylation is 1. The molecule has 4 nitrogen and oxygen atoms in total. The summed E-state index contributed by atoms with van der Waals surface area (Å²) in [5.41, 5.74) is 1.89. The number of nitrogens with one attached hydrogen (secondary N) is 1. The van der Waals surface area contributed by atoms with Crippen molar-refractivity contribution in [3.05, 3.63) is 65.7 Å². The minimum Gasteiger partial charge on any atom is -0.490 e. The summed E-state index contributed by atoms with van der Waals surface area (Å²) < 4.78 is 34.5. The van der Waals surface area contributed by atoms with Crippen molar-refractivity contribution in [2.75, 3.05) is 13.2 Å². The summed E-state index contributed by atoms with van der Waals surface area (Å²) in [6.07, 6.45) is 4.74. The van der Waals surface area contributed by atoms with Gasteiger partial charge >= 0.3 is 6.61 Å². The van der Waals surface area contributed by atoms with Crippen LogP contribution in [0.1, 0.15) is 24.5 Å². The molecule has 0 unspecified atom stereocenters. The second-order valence-corrected chi connectivity index (χ2v) is 5.73. The van der Waals surface area contributed by atoms with Crippen LogP contribution in [0, 0.1) is 0 Å². The van der Waals surface area contributed by atoms with E-state index in [1.54, 1.807) is 25.1 Å². The lowest BCUT2D eigenvalue weighted by Gasteiger charge is -2.11. The van der Waals surface area contributed by atoms with Crippen molar-refractivity contribution >= 4 is 12.0 Å². The number of halogens is 2. The second-order valence-electron chi connectivity index (χ2n) is 5.73. The molecule has 0 heterocycles. The van der Waals surface area contributed by atoms with Crippen LogP contribution in [0.15, 0.2) is 54.6 Å². The van der Waals surface area contributed by atoms with Crippen LogP contribution in [-0.4, -0.2) is 25.7 Å². The third-order valence-electron chi connectivity index (χ3n) is 3.70. The van der Waals surface area contributed by atoms with E-state index in [-0.39, 0.29) is 17.4 Å². The van der Waals surface area contributed by atoms with Gasteiger partial charge in [-0.05, 0) is 49.1 Å². The van der Waals surface area contributed by atoms with Gasteiger partial charge in [-0.25, -0.2) is 0 Å². The molecule has 0 saturated heterocycles. The number of benzene rings is 2. The first-order chi connectivity index (χ1) is 13.1. The van der Waals surface area contributed by atoms with Gasteiger partial charge < -0.3 is 14.8 Å². The zero-order valence-corrected chi connectivity index (χ0v) is 15.2.